The highest BCUT2D eigenvalue weighted by Crippen LogP contribution is 2.16. The third-order valence-corrected chi connectivity index (χ3v) is 1.83. The Morgan fingerprint density at radius 3 is 3.00 bits per heavy atom. The van der Waals surface area contributed by atoms with E-state index in [-0.39, 0.29) is 12.4 Å². The van der Waals surface area contributed by atoms with Crippen LogP contribution in [0.3, 0.4) is 0 Å². The smallest absolute Gasteiger partial charge is 0.224 e. The van der Waals surface area contributed by atoms with Crippen LogP contribution in [0.2, 0.25) is 0 Å². The van der Waals surface area contributed by atoms with Crippen LogP contribution in [0.1, 0.15) is 12.2 Å². The van der Waals surface area contributed by atoms with Crippen LogP contribution in [0.4, 0.5) is 5.95 Å². The maximum absolute atomic E-state index is 4.02. The predicted molar refractivity (Wildman–Crippen MR) is 45.1 cm³/mol. The van der Waals surface area contributed by atoms with Gasteiger partial charge in [-0.3, -0.25) is 4.57 Å². The molecular formula is C6H11ClN4. The minimum absolute atomic E-state index is 0. The van der Waals surface area contributed by atoms with Gasteiger partial charge in [0.2, 0.25) is 5.95 Å². The molecule has 62 valence electrons. The molecule has 2 heterocycles. The van der Waals surface area contributed by atoms with Crippen LogP contribution in [-0.2, 0) is 13.0 Å². The van der Waals surface area contributed by atoms with E-state index in [1.807, 2.05) is 7.05 Å². The number of hydrogen-bond donors (Lipinski definition) is 1. The summed E-state index contributed by atoms with van der Waals surface area (Å²) in [6.45, 7) is 1.07. The monoisotopic (exact) mass is 174 g/mol. The SMILES string of the molecule is CNc1nnc2n1CCC2.Cl. The summed E-state index contributed by atoms with van der Waals surface area (Å²) in [7, 11) is 1.87. The van der Waals surface area contributed by atoms with Crippen molar-refractivity contribution in [3.8, 4) is 0 Å². The molecule has 2 rings (SSSR count). The van der Waals surface area contributed by atoms with Gasteiger partial charge in [-0.05, 0) is 6.42 Å². The van der Waals surface area contributed by atoms with E-state index in [9.17, 15) is 0 Å². The van der Waals surface area contributed by atoms with Gasteiger partial charge in [0.05, 0.1) is 0 Å². The fraction of sp³-hybridized carbons (Fsp3) is 0.667. The molecule has 0 radical (unpaired) electrons. The Kier molecular flexibility index (Phi) is 2.34. The van der Waals surface area contributed by atoms with Gasteiger partial charge in [0, 0.05) is 20.0 Å². The molecule has 11 heavy (non-hydrogen) atoms. The van der Waals surface area contributed by atoms with Crippen molar-refractivity contribution in [3.05, 3.63) is 5.82 Å². The van der Waals surface area contributed by atoms with Crippen molar-refractivity contribution in [2.45, 2.75) is 19.4 Å². The summed E-state index contributed by atoms with van der Waals surface area (Å²) in [6, 6.07) is 0. The Morgan fingerprint density at radius 1 is 1.45 bits per heavy atom. The number of rotatable bonds is 1. The standard InChI is InChI=1S/C6H10N4.ClH/c1-7-6-9-8-5-3-2-4-10(5)6;/h2-4H2,1H3,(H,7,9);1H. The quantitative estimate of drug-likeness (QED) is 0.681. The summed E-state index contributed by atoms with van der Waals surface area (Å²) < 4.78 is 2.12. The molecule has 1 aliphatic heterocycles. The average Bonchev–Trinajstić information content (AvgIpc) is 2.44. The number of nitrogens with zero attached hydrogens (tertiary/aromatic N) is 3. The molecule has 0 unspecified atom stereocenters. The van der Waals surface area contributed by atoms with Crippen LogP contribution in [-0.4, -0.2) is 21.8 Å². The maximum atomic E-state index is 4.02. The Hall–Kier alpha value is -0.770. The van der Waals surface area contributed by atoms with E-state index in [0.717, 1.165) is 24.7 Å². The van der Waals surface area contributed by atoms with Gasteiger partial charge in [-0.25, -0.2) is 0 Å². The van der Waals surface area contributed by atoms with E-state index in [1.165, 1.54) is 6.42 Å². The third kappa shape index (κ3) is 1.18. The van der Waals surface area contributed by atoms with Crippen LogP contribution in [0, 0.1) is 0 Å². The van der Waals surface area contributed by atoms with Crippen molar-refractivity contribution < 1.29 is 0 Å². The van der Waals surface area contributed by atoms with Gasteiger partial charge in [0.15, 0.2) is 0 Å². The molecule has 0 fully saturated rings. The normalized spacial score (nSPS) is 13.9. The molecule has 4 nitrogen and oxygen atoms in total. The first-order valence-electron chi connectivity index (χ1n) is 3.51. The zero-order valence-electron chi connectivity index (χ0n) is 6.37. The minimum atomic E-state index is 0. The summed E-state index contributed by atoms with van der Waals surface area (Å²) in [5, 5.41) is 11.0. The Morgan fingerprint density at radius 2 is 2.27 bits per heavy atom. The number of fused-ring (bicyclic) bond motifs is 1. The molecule has 0 saturated heterocycles. The van der Waals surface area contributed by atoms with Gasteiger partial charge in [0.1, 0.15) is 5.82 Å². The van der Waals surface area contributed by atoms with E-state index >= 15 is 0 Å². The van der Waals surface area contributed by atoms with Gasteiger partial charge in [-0.1, -0.05) is 0 Å². The molecule has 0 aromatic carbocycles. The summed E-state index contributed by atoms with van der Waals surface area (Å²) in [6.07, 6.45) is 2.29. The fourth-order valence-electron chi connectivity index (χ4n) is 1.34. The van der Waals surface area contributed by atoms with E-state index in [0.29, 0.717) is 0 Å². The van der Waals surface area contributed by atoms with Gasteiger partial charge < -0.3 is 5.32 Å². The zero-order chi connectivity index (χ0) is 6.97. The molecule has 0 amide bonds. The molecule has 0 bridgehead atoms. The minimum Gasteiger partial charge on any atom is -0.357 e. The Bertz CT molecular complexity index is 245. The number of hydrogen-bond acceptors (Lipinski definition) is 3. The lowest BCUT2D eigenvalue weighted by Crippen LogP contribution is -2.00. The average molecular weight is 175 g/mol. The van der Waals surface area contributed by atoms with Crippen LogP contribution in [0.25, 0.3) is 0 Å². The van der Waals surface area contributed by atoms with E-state index in [2.05, 4.69) is 20.1 Å². The Balaban J connectivity index is 0.000000605. The molecule has 0 aliphatic carbocycles. The third-order valence-electron chi connectivity index (χ3n) is 1.83. The molecular weight excluding hydrogens is 164 g/mol. The van der Waals surface area contributed by atoms with Crippen LogP contribution < -0.4 is 5.32 Å². The van der Waals surface area contributed by atoms with Crippen LogP contribution >= 0.6 is 12.4 Å². The second-order valence-corrected chi connectivity index (χ2v) is 2.45. The summed E-state index contributed by atoms with van der Waals surface area (Å²) in [5.41, 5.74) is 0. The molecule has 1 aromatic heterocycles. The predicted octanol–water partition coefficient (Wildman–Crippen LogP) is 0.688. The highest BCUT2D eigenvalue weighted by molar-refractivity contribution is 5.85. The lowest BCUT2D eigenvalue weighted by atomic mass is 10.4. The summed E-state index contributed by atoms with van der Waals surface area (Å²) in [4.78, 5) is 0. The maximum Gasteiger partial charge on any atom is 0.224 e. The van der Waals surface area contributed by atoms with Crippen LogP contribution in [0.5, 0.6) is 0 Å². The highest BCUT2D eigenvalue weighted by Gasteiger charge is 2.15. The number of aryl methyl sites for hydroxylation is 1. The Labute approximate surface area is 71.4 Å². The van der Waals surface area contributed by atoms with Gasteiger partial charge in [-0.15, -0.1) is 22.6 Å². The molecule has 0 saturated carbocycles. The summed E-state index contributed by atoms with van der Waals surface area (Å²) in [5.74, 6) is 2.01. The van der Waals surface area contributed by atoms with Gasteiger partial charge in [0.25, 0.3) is 0 Å². The number of anilines is 1. The molecule has 1 N–H and O–H groups in total. The van der Waals surface area contributed by atoms with Crippen molar-refractivity contribution in [2.75, 3.05) is 12.4 Å². The first kappa shape index (κ1) is 8.33. The van der Waals surface area contributed by atoms with E-state index < -0.39 is 0 Å². The highest BCUT2D eigenvalue weighted by atomic mass is 35.5. The second-order valence-electron chi connectivity index (χ2n) is 2.45. The lowest BCUT2D eigenvalue weighted by molar-refractivity contribution is 0.748. The molecule has 5 heteroatoms. The topological polar surface area (TPSA) is 42.7 Å². The largest absolute Gasteiger partial charge is 0.357 e. The number of aromatic nitrogens is 3. The van der Waals surface area contributed by atoms with Crippen molar-refractivity contribution in [1.29, 1.82) is 0 Å². The first-order valence-corrected chi connectivity index (χ1v) is 3.51. The first-order chi connectivity index (χ1) is 4.92. The van der Waals surface area contributed by atoms with Crippen molar-refractivity contribution >= 4 is 18.4 Å². The lowest BCUT2D eigenvalue weighted by Gasteiger charge is -1.98. The van der Waals surface area contributed by atoms with Crippen molar-refractivity contribution in [2.24, 2.45) is 0 Å². The van der Waals surface area contributed by atoms with Gasteiger partial charge in [-0.2, -0.15) is 0 Å². The number of halogens is 1. The van der Waals surface area contributed by atoms with E-state index in [4.69, 9.17) is 0 Å². The summed E-state index contributed by atoms with van der Waals surface area (Å²) >= 11 is 0. The van der Waals surface area contributed by atoms with E-state index in [1.54, 1.807) is 0 Å². The molecule has 1 aromatic rings. The van der Waals surface area contributed by atoms with Crippen LogP contribution in [0.15, 0.2) is 0 Å². The molecule has 0 spiro atoms. The zero-order valence-corrected chi connectivity index (χ0v) is 7.19. The molecule has 0 atom stereocenters. The fourth-order valence-corrected chi connectivity index (χ4v) is 1.34. The second kappa shape index (κ2) is 3.09. The van der Waals surface area contributed by atoms with Crippen molar-refractivity contribution in [3.63, 3.8) is 0 Å². The molecule has 1 aliphatic rings. The number of nitrogens with one attached hydrogen (secondary N) is 1. The van der Waals surface area contributed by atoms with Crippen molar-refractivity contribution in [1.82, 2.24) is 14.8 Å². The van der Waals surface area contributed by atoms with Gasteiger partial charge >= 0.3 is 0 Å².